The smallest absolute Gasteiger partial charge is 0.213 e. The van der Waals surface area contributed by atoms with Crippen LogP contribution in [0.3, 0.4) is 0 Å². The van der Waals surface area contributed by atoms with E-state index in [-0.39, 0.29) is 11.8 Å². The van der Waals surface area contributed by atoms with E-state index >= 15 is 0 Å². The molecule has 1 fully saturated rings. The monoisotopic (exact) mass is 286 g/mol. The summed E-state index contributed by atoms with van der Waals surface area (Å²) in [5.41, 5.74) is 1.42. The van der Waals surface area contributed by atoms with Crippen molar-refractivity contribution in [2.45, 2.75) is 57.4 Å². The maximum atomic E-state index is 12.0. The number of rotatable bonds is 6. The summed E-state index contributed by atoms with van der Waals surface area (Å²) in [4.78, 5) is 0. The zero-order valence-corrected chi connectivity index (χ0v) is 12.5. The molecule has 0 radical (unpaired) electrons. The Hall–Kier alpha value is -0.390. The summed E-state index contributed by atoms with van der Waals surface area (Å²) >= 11 is 0. The highest BCUT2D eigenvalue weighted by molar-refractivity contribution is 7.89. The van der Waals surface area contributed by atoms with Gasteiger partial charge in [0.15, 0.2) is 0 Å². The Morgan fingerprint density at radius 2 is 2.16 bits per heavy atom. The van der Waals surface area contributed by atoms with Gasteiger partial charge in [-0.15, -0.1) is 0 Å². The quantitative estimate of drug-likeness (QED) is 0.734. The van der Waals surface area contributed by atoms with Crippen molar-refractivity contribution < 1.29 is 8.42 Å². The molecular formula is C14H26N2O2S. The molecule has 0 aromatic carbocycles. The SMILES string of the molecule is O=S(=O)(CC1CCCCN1)NCCC1=CCCCC1. The fourth-order valence-corrected chi connectivity index (χ4v) is 4.23. The summed E-state index contributed by atoms with van der Waals surface area (Å²) in [6.45, 7) is 1.51. The molecule has 5 heteroatoms. The van der Waals surface area contributed by atoms with Crippen LogP contribution in [0.15, 0.2) is 11.6 Å². The fourth-order valence-electron chi connectivity index (χ4n) is 2.89. The standard InChI is InChI=1S/C14H26N2O2S/c17-19(18,12-14-8-4-5-10-15-14)16-11-9-13-6-2-1-3-7-13/h6,14-16H,1-5,7-12H2. The van der Waals surface area contributed by atoms with E-state index in [0.717, 1.165) is 45.1 Å². The third-order valence-electron chi connectivity index (χ3n) is 3.99. The Morgan fingerprint density at radius 1 is 1.26 bits per heavy atom. The van der Waals surface area contributed by atoms with Crippen molar-refractivity contribution in [3.63, 3.8) is 0 Å². The molecule has 1 aliphatic carbocycles. The van der Waals surface area contributed by atoms with E-state index in [1.165, 1.54) is 18.4 Å². The molecule has 19 heavy (non-hydrogen) atoms. The zero-order chi connectivity index (χ0) is 13.6. The molecule has 0 aromatic heterocycles. The van der Waals surface area contributed by atoms with Crippen LogP contribution in [0.4, 0.5) is 0 Å². The second-order valence-corrected chi connectivity index (χ2v) is 7.53. The first-order chi connectivity index (χ1) is 9.16. The molecule has 4 nitrogen and oxygen atoms in total. The van der Waals surface area contributed by atoms with E-state index in [2.05, 4.69) is 16.1 Å². The number of nitrogens with one attached hydrogen (secondary N) is 2. The number of hydrogen-bond donors (Lipinski definition) is 2. The summed E-state index contributed by atoms with van der Waals surface area (Å²) in [5, 5.41) is 3.28. The second-order valence-electron chi connectivity index (χ2n) is 5.68. The summed E-state index contributed by atoms with van der Waals surface area (Å²) in [6.07, 6.45) is 11.3. The molecule has 1 aliphatic heterocycles. The van der Waals surface area contributed by atoms with Gasteiger partial charge < -0.3 is 5.32 Å². The van der Waals surface area contributed by atoms with Crippen LogP contribution >= 0.6 is 0 Å². The minimum atomic E-state index is -3.12. The Kier molecular flexibility index (Phi) is 5.85. The van der Waals surface area contributed by atoms with Gasteiger partial charge in [0.25, 0.3) is 0 Å². The summed E-state index contributed by atoms with van der Waals surface area (Å²) in [5.74, 6) is 0.228. The Bertz CT molecular complexity index is 398. The van der Waals surface area contributed by atoms with Gasteiger partial charge in [0.1, 0.15) is 0 Å². The molecule has 0 spiro atoms. The van der Waals surface area contributed by atoms with E-state index in [4.69, 9.17) is 0 Å². The molecule has 0 saturated carbocycles. The van der Waals surface area contributed by atoms with Gasteiger partial charge >= 0.3 is 0 Å². The van der Waals surface area contributed by atoms with Gasteiger partial charge in [0.2, 0.25) is 10.0 Å². The van der Waals surface area contributed by atoms with E-state index in [1.54, 1.807) is 0 Å². The van der Waals surface area contributed by atoms with Crippen LogP contribution in [0.25, 0.3) is 0 Å². The lowest BCUT2D eigenvalue weighted by molar-refractivity contribution is 0.422. The Morgan fingerprint density at radius 3 is 2.84 bits per heavy atom. The molecule has 110 valence electrons. The van der Waals surface area contributed by atoms with Crippen molar-refractivity contribution in [3.05, 3.63) is 11.6 Å². The minimum absolute atomic E-state index is 0.139. The molecule has 0 aromatic rings. The zero-order valence-electron chi connectivity index (χ0n) is 11.7. The van der Waals surface area contributed by atoms with Gasteiger partial charge in [-0.2, -0.15) is 0 Å². The Labute approximate surface area is 117 Å². The molecule has 1 atom stereocenters. The van der Waals surface area contributed by atoms with Crippen molar-refractivity contribution in [3.8, 4) is 0 Å². The van der Waals surface area contributed by atoms with E-state index in [0.29, 0.717) is 6.54 Å². The Balaban J connectivity index is 1.69. The van der Waals surface area contributed by atoms with Crippen LogP contribution < -0.4 is 10.0 Å². The predicted octanol–water partition coefficient (Wildman–Crippen LogP) is 1.94. The average molecular weight is 286 g/mol. The van der Waals surface area contributed by atoms with Crippen molar-refractivity contribution in [2.24, 2.45) is 0 Å². The van der Waals surface area contributed by atoms with Gasteiger partial charge in [-0.25, -0.2) is 13.1 Å². The van der Waals surface area contributed by atoms with Gasteiger partial charge in [-0.3, -0.25) is 0 Å². The molecule has 1 heterocycles. The first-order valence-corrected chi connectivity index (χ1v) is 9.19. The van der Waals surface area contributed by atoms with Crippen LogP contribution in [0.1, 0.15) is 51.4 Å². The lowest BCUT2D eigenvalue weighted by Crippen LogP contribution is -2.42. The van der Waals surface area contributed by atoms with E-state index < -0.39 is 10.0 Å². The van der Waals surface area contributed by atoms with Crippen LogP contribution in [0.2, 0.25) is 0 Å². The maximum absolute atomic E-state index is 12.0. The van der Waals surface area contributed by atoms with Gasteiger partial charge in [0.05, 0.1) is 5.75 Å². The third-order valence-corrected chi connectivity index (χ3v) is 5.47. The molecule has 2 aliphatic rings. The molecule has 2 rings (SSSR count). The number of hydrogen-bond acceptors (Lipinski definition) is 3. The minimum Gasteiger partial charge on any atom is -0.313 e. The van der Waals surface area contributed by atoms with Gasteiger partial charge in [0, 0.05) is 12.6 Å². The molecule has 0 bridgehead atoms. The number of allylic oxidation sites excluding steroid dienone is 1. The summed E-state index contributed by atoms with van der Waals surface area (Å²) < 4.78 is 26.7. The van der Waals surface area contributed by atoms with Gasteiger partial charge in [-0.05, 0) is 51.5 Å². The third kappa shape index (κ3) is 5.63. The molecule has 1 saturated heterocycles. The molecular weight excluding hydrogens is 260 g/mol. The highest BCUT2D eigenvalue weighted by Gasteiger charge is 2.20. The van der Waals surface area contributed by atoms with Crippen LogP contribution in [-0.4, -0.2) is 33.3 Å². The normalized spacial score (nSPS) is 25.1. The van der Waals surface area contributed by atoms with Crippen molar-refractivity contribution in [2.75, 3.05) is 18.8 Å². The molecule has 0 amide bonds. The van der Waals surface area contributed by atoms with Crippen molar-refractivity contribution >= 4 is 10.0 Å². The first kappa shape index (κ1) is 15.0. The van der Waals surface area contributed by atoms with E-state index in [9.17, 15) is 8.42 Å². The van der Waals surface area contributed by atoms with Crippen LogP contribution in [0, 0.1) is 0 Å². The number of sulfonamides is 1. The second kappa shape index (κ2) is 7.41. The first-order valence-electron chi connectivity index (χ1n) is 7.54. The topological polar surface area (TPSA) is 58.2 Å². The highest BCUT2D eigenvalue weighted by Crippen LogP contribution is 2.19. The predicted molar refractivity (Wildman–Crippen MR) is 78.6 cm³/mol. The summed E-state index contributed by atoms with van der Waals surface area (Å²) in [7, 11) is -3.12. The van der Waals surface area contributed by atoms with Crippen molar-refractivity contribution in [1.82, 2.24) is 10.0 Å². The van der Waals surface area contributed by atoms with Crippen LogP contribution in [-0.2, 0) is 10.0 Å². The fraction of sp³-hybridized carbons (Fsp3) is 0.857. The van der Waals surface area contributed by atoms with Crippen molar-refractivity contribution in [1.29, 1.82) is 0 Å². The lowest BCUT2D eigenvalue weighted by Gasteiger charge is -2.23. The largest absolute Gasteiger partial charge is 0.313 e. The maximum Gasteiger partial charge on any atom is 0.213 e. The molecule has 1 unspecified atom stereocenters. The number of piperidine rings is 1. The van der Waals surface area contributed by atoms with Gasteiger partial charge in [-0.1, -0.05) is 18.1 Å². The lowest BCUT2D eigenvalue weighted by atomic mass is 9.97. The molecule has 2 N–H and O–H groups in total. The average Bonchev–Trinajstić information content (AvgIpc) is 2.40. The van der Waals surface area contributed by atoms with E-state index in [1.807, 2.05) is 0 Å². The highest BCUT2D eigenvalue weighted by atomic mass is 32.2. The summed E-state index contributed by atoms with van der Waals surface area (Å²) in [6, 6.07) is 0.139. The van der Waals surface area contributed by atoms with Crippen LogP contribution in [0.5, 0.6) is 0 Å².